The molecule has 1 aliphatic rings. The van der Waals surface area contributed by atoms with Crippen LogP contribution in [0.15, 0.2) is 57.7 Å². The van der Waals surface area contributed by atoms with Gasteiger partial charge in [0.1, 0.15) is 22.5 Å². The van der Waals surface area contributed by atoms with Crippen molar-refractivity contribution in [2.45, 2.75) is 6.42 Å². The number of thiazole rings is 1. The number of aromatic nitrogens is 1. The lowest BCUT2D eigenvalue weighted by molar-refractivity contribution is 0.0376. The Kier molecular flexibility index (Phi) is 6.17. The Balaban J connectivity index is 1.48. The fourth-order valence-electron chi connectivity index (χ4n) is 3.94. The lowest BCUT2D eigenvalue weighted by atomic mass is 10.1. The highest BCUT2D eigenvalue weighted by atomic mass is 32.1. The lowest BCUT2D eigenvalue weighted by Gasteiger charge is -2.27. The number of rotatable bonds is 6. The molecule has 170 valence electrons. The summed E-state index contributed by atoms with van der Waals surface area (Å²) in [5.74, 6) is -0.947. The number of hydrogen-bond acceptors (Lipinski definition) is 7. The van der Waals surface area contributed by atoms with E-state index in [0.717, 1.165) is 19.6 Å². The van der Waals surface area contributed by atoms with Crippen molar-refractivity contribution < 1.29 is 18.3 Å². The van der Waals surface area contributed by atoms with Crippen molar-refractivity contribution in [2.24, 2.45) is 0 Å². The van der Waals surface area contributed by atoms with E-state index in [-0.39, 0.29) is 11.1 Å². The van der Waals surface area contributed by atoms with Gasteiger partial charge in [0, 0.05) is 31.6 Å². The number of ether oxygens (including phenoxy) is 1. The highest BCUT2D eigenvalue weighted by Gasteiger charge is 2.25. The first kappa shape index (κ1) is 21.7. The molecule has 5 rings (SSSR count). The largest absolute Gasteiger partial charge is 0.422 e. The fourth-order valence-corrected chi connectivity index (χ4v) is 4.94. The molecule has 1 saturated heterocycles. The van der Waals surface area contributed by atoms with Crippen molar-refractivity contribution in [3.05, 3.63) is 70.3 Å². The third-order valence-electron chi connectivity index (χ3n) is 5.67. The number of morpholine rings is 1. The summed E-state index contributed by atoms with van der Waals surface area (Å²) in [6.45, 7) is 4.18. The minimum Gasteiger partial charge on any atom is -0.422 e. The van der Waals surface area contributed by atoms with Gasteiger partial charge in [-0.1, -0.05) is 35.6 Å². The van der Waals surface area contributed by atoms with Crippen molar-refractivity contribution in [1.29, 1.82) is 0 Å². The summed E-state index contributed by atoms with van der Waals surface area (Å²) in [6, 6.07) is 13.3. The van der Waals surface area contributed by atoms with Crippen molar-refractivity contribution in [3.63, 3.8) is 0 Å². The summed E-state index contributed by atoms with van der Waals surface area (Å²) in [6.07, 6.45) is 0.670. The van der Waals surface area contributed by atoms with E-state index in [2.05, 4.69) is 9.88 Å². The molecule has 0 aliphatic carbocycles. The Morgan fingerprint density at radius 3 is 2.79 bits per heavy atom. The van der Waals surface area contributed by atoms with Crippen LogP contribution >= 0.6 is 11.3 Å². The molecule has 1 amide bonds. The Labute approximate surface area is 193 Å². The van der Waals surface area contributed by atoms with Crippen LogP contribution in [0, 0.1) is 5.82 Å². The van der Waals surface area contributed by atoms with E-state index >= 15 is 0 Å². The molecule has 0 atom stereocenters. The van der Waals surface area contributed by atoms with Gasteiger partial charge < -0.3 is 9.15 Å². The molecule has 0 spiro atoms. The number of fused-ring (bicyclic) bond motifs is 2. The molecule has 1 aliphatic heterocycles. The van der Waals surface area contributed by atoms with Crippen LogP contribution in [0.2, 0.25) is 0 Å². The second-order valence-electron chi connectivity index (χ2n) is 7.83. The summed E-state index contributed by atoms with van der Waals surface area (Å²) < 4.78 is 25.7. The zero-order valence-corrected chi connectivity index (χ0v) is 18.6. The number of halogens is 1. The standard InChI is InChI=1S/C24H22FN3O4S/c25-18-6-3-8-20-21(18)26-24(33-20)28(10-4-9-27-11-13-31-14-12-27)22(29)17-15-16-5-1-2-7-19(16)32-23(17)30/h1-3,5-8,15H,4,9-14H2. The molecule has 1 fully saturated rings. The van der Waals surface area contributed by atoms with Gasteiger partial charge in [0.25, 0.3) is 5.91 Å². The Bertz CT molecular complexity index is 1360. The molecule has 0 unspecified atom stereocenters. The number of benzene rings is 2. The number of nitrogens with zero attached hydrogens (tertiary/aromatic N) is 3. The van der Waals surface area contributed by atoms with E-state index in [1.54, 1.807) is 36.4 Å². The number of hydrogen-bond donors (Lipinski definition) is 0. The van der Waals surface area contributed by atoms with Gasteiger partial charge in [-0.25, -0.2) is 14.2 Å². The van der Waals surface area contributed by atoms with Gasteiger partial charge in [-0.2, -0.15) is 0 Å². The fraction of sp³-hybridized carbons (Fsp3) is 0.292. The normalized spacial score (nSPS) is 14.7. The third-order valence-corrected chi connectivity index (χ3v) is 6.71. The lowest BCUT2D eigenvalue weighted by Crippen LogP contribution is -2.40. The maximum atomic E-state index is 14.3. The predicted molar refractivity (Wildman–Crippen MR) is 126 cm³/mol. The second kappa shape index (κ2) is 9.38. The topological polar surface area (TPSA) is 75.9 Å². The van der Waals surface area contributed by atoms with Crippen LogP contribution in [0.5, 0.6) is 0 Å². The molecule has 0 radical (unpaired) electrons. The van der Waals surface area contributed by atoms with E-state index in [4.69, 9.17) is 9.15 Å². The monoisotopic (exact) mass is 467 g/mol. The van der Waals surface area contributed by atoms with Crippen molar-refractivity contribution in [2.75, 3.05) is 44.3 Å². The quantitative estimate of drug-likeness (QED) is 0.400. The maximum absolute atomic E-state index is 14.3. The van der Waals surface area contributed by atoms with Crippen LogP contribution in [-0.4, -0.2) is 55.2 Å². The molecule has 4 aromatic rings. The second-order valence-corrected chi connectivity index (χ2v) is 8.84. The Hall–Kier alpha value is -3.14. The zero-order chi connectivity index (χ0) is 22.8. The highest BCUT2D eigenvalue weighted by molar-refractivity contribution is 7.22. The van der Waals surface area contributed by atoms with E-state index < -0.39 is 17.3 Å². The average Bonchev–Trinajstić information content (AvgIpc) is 3.27. The molecule has 33 heavy (non-hydrogen) atoms. The highest BCUT2D eigenvalue weighted by Crippen LogP contribution is 2.31. The Morgan fingerprint density at radius 1 is 1.15 bits per heavy atom. The van der Waals surface area contributed by atoms with E-state index in [1.165, 1.54) is 22.3 Å². The van der Waals surface area contributed by atoms with Gasteiger partial charge in [0.05, 0.1) is 17.9 Å². The van der Waals surface area contributed by atoms with Gasteiger partial charge in [-0.3, -0.25) is 14.6 Å². The molecule has 7 nitrogen and oxygen atoms in total. The van der Waals surface area contributed by atoms with Crippen LogP contribution in [0.4, 0.5) is 9.52 Å². The summed E-state index contributed by atoms with van der Waals surface area (Å²) in [5, 5.41) is 1.01. The summed E-state index contributed by atoms with van der Waals surface area (Å²) in [7, 11) is 0. The Morgan fingerprint density at radius 2 is 1.97 bits per heavy atom. The van der Waals surface area contributed by atoms with Gasteiger partial charge in [0.2, 0.25) is 0 Å². The van der Waals surface area contributed by atoms with Gasteiger partial charge in [0.15, 0.2) is 5.13 Å². The van der Waals surface area contributed by atoms with Crippen LogP contribution in [0.25, 0.3) is 21.2 Å². The van der Waals surface area contributed by atoms with Crippen molar-refractivity contribution in [1.82, 2.24) is 9.88 Å². The van der Waals surface area contributed by atoms with Crippen LogP contribution in [0.3, 0.4) is 0 Å². The average molecular weight is 468 g/mol. The molecule has 0 bridgehead atoms. The summed E-state index contributed by atoms with van der Waals surface area (Å²) >= 11 is 1.23. The third kappa shape index (κ3) is 4.52. The molecule has 9 heteroatoms. The predicted octanol–water partition coefficient (Wildman–Crippen LogP) is 3.91. The van der Waals surface area contributed by atoms with E-state index in [0.29, 0.717) is 47.0 Å². The molecule has 2 aromatic heterocycles. The minimum absolute atomic E-state index is 0.0696. The SMILES string of the molecule is O=C(c1cc2ccccc2oc1=O)N(CCCN1CCOCC1)c1nc2c(F)cccc2s1. The molecular formula is C24H22FN3O4S. The first-order valence-corrected chi connectivity index (χ1v) is 11.6. The van der Waals surface area contributed by atoms with Crippen molar-refractivity contribution >= 4 is 43.6 Å². The smallest absolute Gasteiger partial charge is 0.349 e. The molecular weight excluding hydrogens is 445 g/mol. The number of carbonyl (C=O) groups excluding carboxylic acids is 1. The van der Waals surface area contributed by atoms with Crippen molar-refractivity contribution in [3.8, 4) is 0 Å². The van der Waals surface area contributed by atoms with E-state index in [1.807, 2.05) is 6.07 Å². The minimum atomic E-state index is -0.704. The molecule has 0 saturated carbocycles. The van der Waals surface area contributed by atoms with Gasteiger partial charge >= 0.3 is 5.63 Å². The molecule has 2 aromatic carbocycles. The van der Waals surface area contributed by atoms with Gasteiger partial charge in [-0.05, 0) is 30.7 Å². The molecule has 3 heterocycles. The first-order valence-electron chi connectivity index (χ1n) is 10.8. The number of carbonyl (C=O) groups is 1. The maximum Gasteiger partial charge on any atom is 0.349 e. The number of para-hydroxylation sites is 2. The first-order chi connectivity index (χ1) is 16.1. The molecule has 0 N–H and O–H groups in total. The van der Waals surface area contributed by atoms with Crippen LogP contribution < -0.4 is 10.5 Å². The zero-order valence-electron chi connectivity index (χ0n) is 17.8. The van der Waals surface area contributed by atoms with Crippen LogP contribution in [0.1, 0.15) is 16.8 Å². The summed E-state index contributed by atoms with van der Waals surface area (Å²) in [4.78, 5) is 34.3. The number of amides is 1. The van der Waals surface area contributed by atoms with Crippen LogP contribution in [-0.2, 0) is 4.74 Å². The number of anilines is 1. The van der Waals surface area contributed by atoms with Gasteiger partial charge in [-0.15, -0.1) is 0 Å². The summed E-state index contributed by atoms with van der Waals surface area (Å²) in [5.41, 5.74) is -0.141. The van der Waals surface area contributed by atoms with E-state index in [9.17, 15) is 14.0 Å².